The number of benzene rings is 2. The number of amides is 1. The van der Waals surface area contributed by atoms with Gasteiger partial charge in [0.15, 0.2) is 0 Å². The standard InChI is InChI=1S/C18H16ClN3O3/c1-24-14-7-4-6-13(9-14)18-22-21-17(25-18)11-20-16(23)10-12-5-2-3-8-15(12)19/h2-9H,10-11H2,1H3,(H,20,23). The Bertz CT molecular complexity index is 879. The number of carbonyl (C=O) groups excluding carboxylic acids is 1. The van der Waals surface area contributed by atoms with Crippen molar-refractivity contribution in [2.24, 2.45) is 0 Å². The number of ether oxygens (including phenoxy) is 1. The third-order valence-electron chi connectivity index (χ3n) is 3.53. The van der Waals surface area contributed by atoms with E-state index in [1.165, 1.54) is 0 Å². The molecule has 0 aliphatic rings. The van der Waals surface area contributed by atoms with Crippen molar-refractivity contribution in [1.82, 2.24) is 15.5 Å². The van der Waals surface area contributed by atoms with Crippen LogP contribution >= 0.6 is 11.6 Å². The van der Waals surface area contributed by atoms with Gasteiger partial charge in [-0.1, -0.05) is 35.9 Å². The average molecular weight is 358 g/mol. The van der Waals surface area contributed by atoms with Crippen LogP contribution in [0.25, 0.3) is 11.5 Å². The van der Waals surface area contributed by atoms with Crippen LogP contribution in [0.2, 0.25) is 5.02 Å². The van der Waals surface area contributed by atoms with Gasteiger partial charge in [-0.25, -0.2) is 0 Å². The molecule has 0 aliphatic carbocycles. The molecule has 1 aromatic heterocycles. The summed E-state index contributed by atoms with van der Waals surface area (Å²) in [6.45, 7) is 0.153. The second-order valence-corrected chi connectivity index (χ2v) is 5.69. The zero-order chi connectivity index (χ0) is 17.6. The minimum atomic E-state index is -0.172. The van der Waals surface area contributed by atoms with E-state index in [0.29, 0.717) is 22.6 Å². The largest absolute Gasteiger partial charge is 0.497 e. The van der Waals surface area contributed by atoms with Gasteiger partial charge in [0, 0.05) is 10.6 Å². The molecule has 1 N–H and O–H groups in total. The number of methoxy groups -OCH3 is 1. The highest BCUT2D eigenvalue weighted by Gasteiger charge is 2.11. The Kier molecular flexibility index (Phi) is 5.30. The topological polar surface area (TPSA) is 77.3 Å². The van der Waals surface area contributed by atoms with Gasteiger partial charge in [0.2, 0.25) is 17.7 Å². The third-order valence-corrected chi connectivity index (χ3v) is 3.90. The maximum atomic E-state index is 12.0. The summed E-state index contributed by atoms with van der Waals surface area (Å²) >= 11 is 6.05. The lowest BCUT2D eigenvalue weighted by Gasteiger charge is -2.04. The van der Waals surface area contributed by atoms with Gasteiger partial charge in [0.25, 0.3) is 0 Å². The molecule has 2 aromatic carbocycles. The molecule has 0 unspecified atom stereocenters. The lowest BCUT2D eigenvalue weighted by Crippen LogP contribution is -2.24. The molecule has 0 saturated carbocycles. The highest BCUT2D eigenvalue weighted by Crippen LogP contribution is 2.22. The third kappa shape index (κ3) is 4.36. The fourth-order valence-corrected chi connectivity index (χ4v) is 2.45. The van der Waals surface area contributed by atoms with Crippen LogP contribution < -0.4 is 10.1 Å². The summed E-state index contributed by atoms with van der Waals surface area (Å²) < 4.78 is 10.7. The summed E-state index contributed by atoms with van der Waals surface area (Å²) in [5.41, 5.74) is 1.52. The maximum Gasteiger partial charge on any atom is 0.247 e. The predicted molar refractivity (Wildman–Crippen MR) is 93.3 cm³/mol. The first-order chi connectivity index (χ1) is 12.2. The second-order valence-electron chi connectivity index (χ2n) is 5.28. The van der Waals surface area contributed by atoms with Crippen LogP contribution in [0.4, 0.5) is 0 Å². The molecule has 0 radical (unpaired) electrons. The number of hydrogen-bond acceptors (Lipinski definition) is 5. The van der Waals surface area contributed by atoms with E-state index in [-0.39, 0.29) is 18.9 Å². The van der Waals surface area contributed by atoms with Crippen LogP contribution in [-0.4, -0.2) is 23.2 Å². The first-order valence-electron chi connectivity index (χ1n) is 7.62. The molecule has 0 aliphatic heterocycles. The van der Waals surface area contributed by atoms with Gasteiger partial charge in [-0.3, -0.25) is 4.79 Å². The van der Waals surface area contributed by atoms with Gasteiger partial charge in [0.1, 0.15) is 5.75 Å². The second kappa shape index (κ2) is 7.81. The van der Waals surface area contributed by atoms with Crippen LogP contribution in [0.15, 0.2) is 52.9 Å². The van der Waals surface area contributed by atoms with E-state index in [1.54, 1.807) is 19.2 Å². The lowest BCUT2D eigenvalue weighted by molar-refractivity contribution is -0.120. The van der Waals surface area contributed by atoms with E-state index < -0.39 is 0 Å². The molecule has 0 saturated heterocycles. The molecule has 0 fully saturated rings. The van der Waals surface area contributed by atoms with E-state index in [4.69, 9.17) is 20.8 Å². The van der Waals surface area contributed by atoms with Gasteiger partial charge >= 0.3 is 0 Å². The number of nitrogens with one attached hydrogen (secondary N) is 1. The fraction of sp³-hybridized carbons (Fsp3) is 0.167. The maximum absolute atomic E-state index is 12.0. The van der Waals surface area contributed by atoms with E-state index >= 15 is 0 Å². The van der Waals surface area contributed by atoms with Crippen molar-refractivity contribution in [3.8, 4) is 17.2 Å². The van der Waals surface area contributed by atoms with E-state index in [0.717, 1.165) is 11.1 Å². The average Bonchev–Trinajstić information content (AvgIpc) is 3.11. The summed E-state index contributed by atoms with van der Waals surface area (Å²) in [5.74, 6) is 1.22. The minimum absolute atomic E-state index is 0.153. The Morgan fingerprint density at radius 1 is 1.20 bits per heavy atom. The molecule has 0 spiro atoms. The molecular formula is C18H16ClN3O3. The van der Waals surface area contributed by atoms with Gasteiger partial charge in [-0.05, 0) is 29.8 Å². The van der Waals surface area contributed by atoms with Crippen molar-refractivity contribution in [3.05, 3.63) is 65.0 Å². The summed E-state index contributed by atoms with van der Waals surface area (Å²) in [6.07, 6.45) is 0.191. The number of aromatic nitrogens is 2. The Morgan fingerprint density at radius 2 is 2.04 bits per heavy atom. The van der Waals surface area contributed by atoms with Crippen molar-refractivity contribution in [3.63, 3.8) is 0 Å². The summed E-state index contributed by atoms with van der Waals surface area (Å²) in [4.78, 5) is 12.0. The monoisotopic (exact) mass is 357 g/mol. The summed E-state index contributed by atoms with van der Waals surface area (Å²) in [7, 11) is 1.59. The highest BCUT2D eigenvalue weighted by molar-refractivity contribution is 6.31. The van der Waals surface area contributed by atoms with Gasteiger partial charge in [-0.2, -0.15) is 0 Å². The minimum Gasteiger partial charge on any atom is -0.497 e. The number of nitrogens with zero attached hydrogens (tertiary/aromatic N) is 2. The van der Waals surface area contributed by atoms with Crippen molar-refractivity contribution < 1.29 is 13.9 Å². The van der Waals surface area contributed by atoms with Crippen molar-refractivity contribution >= 4 is 17.5 Å². The normalized spacial score (nSPS) is 10.5. The van der Waals surface area contributed by atoms with Crippen LogP contribution in [0, 0.1) is 0 Å². The summed E-state index contributed by atoms with van der Waals surface area (Å²) in [5, 5.41) is 11.2. The molecular weight excluding hydrogens is 342 g/mol. The number of rotatable bonds is 6. The van der Waals surface area contributed by atoms with Gasteiger partial charge < -0.3 is 14.5 Å². The Morgan fingerprint density at radius 3 is 2.84 bits per heavy atom. The molecule has 1 heterocycles. The van der Waals surface area contributed by atoms with Gasteiger partial charge in [-0.15, -0.1) is 10.2 Å². The number of carbonyl (C=O) groups is 1. The number of hydrogen-bond donors (Lipinski definition) is 1. The lowest BCUT2D eigenvalue weighted by atomic mass is 10.1. The van der Waals surface area contributed by atoms with E-state index in [2.05, 4.69) is 15.5 Å². The molecule has 0 atom stereocenters. The Balaban J connectivity index is 1.60. The van der Waals surface area contributed by atoms with E-state index in [1.807, 2.05) is 36.4 Å². The molecule has 128 valence electrons. The fourth-order valence-electron chi connectivity index (χ4n) is 2.25. The number of halogens is 1. The van der Waals surface area contributed by atoms with Crippen LogP contribution in [0.1, 0.15) is 11.5 Å². The molecule has 0 bridgehead atoms. The predicted octanol–water partition coefficient (Wildman–Crippen LogP) is 3.26. The van der Waals surface area contributed by atoms with Crippen molar-refractivity contribution in [2.45, 2.75) is 13.0 Å². The Hall–Kier alpha value is -2.86. The molecule has 3 aromatic rings. The van der Waals surface area contributed by atoms with Crippen LogP contribution in [0.3, 0.4) is 0 Å². The molecule has 6 nitrogen and oxygen atoms in total. The van der Waals surface area contributed by atoms with Crippen LogP contribution in [-0.2, 0) is 17.8 Å². The zero-order valence-electron chi connectivity index (χ0n) is 13.5. The zero-order valence-corrected chi connectivity index (χ0v) is 14.3. The quantitative estimate of drug-likeness (QED) is 0.732. The Labute approximate surface area is 149 Å². The first-order valence-corrected chi connectivity index (χ1v) is 8.00. The first kappa shape index (κ1) is 17.0. The van der Waals surface area contributed by atoms with Gasteiger partial charge in [0.05, 0.1) is 20.1 Å². The van der Waals surface area contributed by atoms with Crippen molar-refractivity contribution in [2.75, 3.05) is 7.11 Å². The van der Waals surface area contributed by atoms with Crippen molar-refractivity contribution in [1.29, 1.82) is 0 Å². The highest BCUT2D eigenvalue weighted by atomic mass is 35.5. The SMILES string of the molecule is COc1cccc(-c2nnc(CNC(=O)Cc3ccccc3Cl)o2)c1. The summed E-state index contributed by atoms with van der Waals surface area (Å²) in [6, 6.07) is 14.5. The molecule has 3 rings (SSSR count). The molecule has 7 heteroatoms. The van der Waals surface area contributed by atoms with E-state index in [9.17, 15) is 4.79 Å². The molecule has 1 amide bonds. The molecule has 25 heavy (non-hydrogen) atoms. The smallest absolute Gasteiger partial charge is 0.247 e. The van der Waals surface area contributed by atoms with Crippen LogP contribution in [0.5, 0.6) is 5.75 Å².